The third-order valence-electron chi connectivity index (χ3n) is 5.56. The van der Waals surface area contributed by atoms with Crippen LogP contribution in [0.5, 0.6) is 11.5 Å². The lowest BCUT2D eigenvalue weighted by molar-refractivity contribution is -0.138. The predicted molar refractivity (Wildman–Crippen MR) is 76.7 cm³/mol. The van der Waals surface area contributed by atoms with Crippen LogP contribution in [-0.2, 0) is 16.6 Å². The summed E-state index contributed by atoms with van der Waals surface area (Å²) in [4.78, 5) is 13.7. The molecule has 4 nitrogen and oxygen atoms in total. The summed E-state index contributed by atoms with van der Waals surface area (Å²) in [6, 6.07) is 2.50. The summed E-state index contributed by atoms with van der Waals surface area (Å²) >= 11 is 0. The van der Waals surface area contributed by atoms with Crippen molar-refractivity contribution in [1.29, 1.82) is 0 Å². The summed E-state index contributed by atoms with van der Waals surface area (Å²) in [5.41, 5.74) is -0.288. The maximum absolute atomic E-state index is 12.7. The Labute approximate surface area is 132 Å². The van der Waals surface area contributed by atoms with Crippen LogP contribution in [-0.4, -0.2) is 41.4 Å². The topological polar surface area (TPSA) is 49.8 Å². The predicted octanol–water partition coefficient (Wildman–Crippen LogP) is 1.63. The van der Waals surface area contributed by atoms with Gasteiger partial charge in [-0.3, -0.25) is 4.79 Å². The van der Waals surface area contributed by atoms with Gasteiger partial charge >= 0.3 is 0 Å². The Morgan fingerprint density at radius 2 is 2.48 bits per heavy atom. The molecule has 110 valence electrons. The Morgan fingerprint density at radius 3 is 3.33 bits per heavy atom. The van der Waals surface area contributed by atoms with Gasteiger partial charge in [-0.2, -0.15) is 0 Å². The fourth-order valence-electron chi connectivity index (χ4n) is 4.74. The molecule has 0 amide bonds. The van der Waals surface area contributed by atoms with E-state index in [1.165, 1.54) is 6.07 Å². The molecule has 5 rings (SSSR count). The first kappa shape index (κ1) is 7.63. The van der Waals surface area contributed by atoms with Crippen LogP contribution in [0.15, 0.2) is 12.1 Å². The number of carbonyl (C=O) groups is 1. The Hall–Kier alpha value is -1.55. The summed E-state index contributed by atoms with van der Waals surface area (Å²) in [6.07, 6.45) is -2.65. The molecule has 21 heavy (non-hydrogen) atoms. The first-order valence-corrected chi connectivity index (χ1v) is 7.28. The molecule has 4 aliphatic rings. The van der Waals surface area contributed by atoms with Crippen molar-refractivity contribution >= 4 is 5.78 Å². The highest BCUT2D eigenvalue weighted by Crippen LogP contribution is 2.62. The number of likely N-dealkylation sites (N-methyl/N-ethyl adjacent to an activating group) is 1. The lowest BCUT2D eigenvalue weighted by atomic mass is 9.52. The van der Waals surface area contributed by atoms with E-state index in [1.54, 1.807) is 6.07 Å². The number of rotatable bonds is 0. The number of aromatic hydroxyl groups is 1. The van der Waals surface area contributed by atoms with Crippen LogP contribution >= 0.6 is 0 Å². The van der Waals surface area contributed by atoms with Gasteiger partial charge in [0.2, 0.25) is 0 Å². The number of benzene rings is 1. The SMILES string of the molecule is [2H]C1N(C([2H])([2H])[2H])[C@@H]2Cc3ccc(O)c4c3[C@]3([C@@H](O4)C(=O)CC[C@@H]23)C1([2H])[2H]. The van der Waals surface area contributed by atoms with E-state index in [2.05, 4.69) is 0 Å². The Morgan fingerprint density at radius 1 is 1.57 bits per heavy atom. The van der Waals surface area contributed by atoms with Gasteiger partial charge in [-0.05, 0) is 50.3 Å². The molecule has 1 aromatic carbocycles. The molecule has 2 aliphatic heterocycles. The van der Waals surface area contributed by atoms with Crippen molar-refractivity contribution in [2.75, 3.05) is 13.5 Å². The van der Waals surface area contributed by atoms with E-state index >= 15 is 0 Å². The highest BCUT2D eigenvalue weighted by atomic mass is 16.5. The standard InChI is InChI=1S/C17H19NO3/c1-18-7-6-17-10-3-5-13(20)16(17)21-15-12(19)4-2-9(14(15)17)8-11(10)18/h2,4,10-11,16,19H,3,5-8H2,1H3/t10-,11+,16-,17-/m0/s1/i1D3,6D2,7D/t7?,10-,11+,16-,17-. The fourth-order valence-corrected chi connectivity index (χ4v) is 4.74. The molecular weight excluding hydrogens is 266 g/mol. The van der Waals surface area contributed by atoms with Crippen LogP contribution < -0.4 is 4.74 Å². The van der Waals surface area contributed by atoms with Gasteiger partial charge in [-0.15, -0.1) is 0 Å². The zero-order valence-corrected chi connectivity index (χ0v) is 11.3. The second-order valence-electron chi connectivity index (χ2n) is 6.38. The van der Waals surface area contributed by atoms with Crippen LogP contribution in [0.4, 0.5) is 0 Å². The quantitative estimate of drug-likeness (QED) is 0.789. The van der Waals surface area contributed by atoms with E-state index in [4.69, 9.17) is 13.0 Å². The zero-order valence-electron chi connectivity index (χ0n) is 17.3. The molecule has 5 atom stereocenters. The second-order valence-corrected chi connectivity index (χ2v) is 6.38. The van der Waals surface area contributed by atoms with Gasteiger partial charge in [-0.1, -0.05) is 6.07 Å². The average Bonchev–Trinajstić information content (AvgIpc) is 2.94. The molecule has 2 aliphatic carbocycles. The van der Waals surface area contributed by atoms with Crippen LogP contribution in [0.1, 0.15) is 38.6 Å². The number of phenols is 1. The van der Waals surface area contributed by atoms with E-state index in [0.29, 0.717) is 24.0 Å². The summed E-state index contributed by atoms with van der Waals surface area (Å²) in [5.74, 6) is -0.771. The highest BCUT2D eigenvalue weighted by molar-refractivity contribution is 5.89. The number of piperidine rings is 1. The Bertz CT molecular complexity index is 871. The average molecular weight is 291 g/mol. The molecule has 1 unspecified atom stereocenters. The summed E-state index contributed by atoms with van der Waals surface area (Å²) in [7, 11) is 0. The van der Waals surface area contributed by atoms with Crippen LogP contribution in [0.25, 0.3) is 0 Å². The molecule has 4 heteroatoms. The molecule has 1 saturated heterocycles. The molecule has 0 aromatic heterocycles. The third kappa shape index (κ3) is 1.20. The first-order chi connectivity index (χ1) is 12.5. The Balaban J connectivity index is 1.87. The molecule has 2 fully saturated rings. The molecule has 1 spiro atoms. The minimum atomic E-state index is -2.63. The van der Waals surface area contributed by atoms with Gasteiger partial charge in [0.15, 0.2) is 23.4 Å². The number of ketones is 1. The van der Waals surface area contributed by atoms with Crippen LogP contribution in [0.3, 0.4) is 0 Å². The van der Waals surface area contributed by atoms with Gasteiger partial charge in [0, 0.05) is 31.7 Å². The highest BCUT2D eigenvalue weighted by Gasteiger charge is 2.65. The number of hydrogen-bond acceptors (Lipinski definition) is 4. The number of likely N-dealkylation sites (tertiary alicyclic amines) is 1. The number of Topliss-reactive ketones (excluding diaryl/α,β-unsaturated/α-hetero) is 1. The molecular formula is C17H19NO3. The van der Waals surface area contributed by atoms with Gasteiger partial charge in [0.05, 0.1) is 0 Å². The normalized spacial score (nSPS) is 50.6. The van der Waals surface area contributed by atoms with Crippen LogP contribution in [0, 0.1) is 5.92 Å². The van der Waals surface area contributed by atoms with Gasteiger partial charge in [0.25, 0.3) is 0 Å². The maximum Gasteiger partial charge on any atom is 0.174 e. The van der Waals surface area contributed by atoms with Crippen molar-refractivity contribution in [2.45, 2.75) is 43.2 Å². The van der Waals surface area contributed by atoms with E-state index in [0.717, 1.165) is 4.90 Å². The summed E-state index contributed by atoms with van der Waals surface area (Å²) in [6.45, 7) is -4.30. The molecule has 0 radical (unpaired) electrons. The number of ether oxygens (including phenoxy) is 1. The largest absolute Gasteiger partial charge is 0.504 e. The summed E-state index contributed by atoms with van der Waals surface area (Å²) < 4.78 is 55.9. The lowest BCUT2D eigenvalue weighted by Gasteiger charge is -2.57. The maximum atomic E-state index is 12.7. The molecule has 2 bridgehead atoms. The number of carbonyl (C=O) groups excluding carboxylic acids is 1. The Kier molecular flexibility index (Phi) is 1.31. The monoisotopic (exact) mass is 291 g/mol. The lowest BCUT2D eigenvalue weighted by Crippen LogP contribution is -2.65. The van der Waals surface area contributed by atoms with Crippen molar-refractivity contribution in [3.63, 3.8) is 0 Å². The van der Waals surface area contributed by atoms with E-state index < -0.39 is 43.3 Å². The van der Waals surface area contributed by atoms with Gasteiger partial charge in [-0.25, -0.2) is 0 Å². The second kappa shape index (κ2) is 3.61. The smallest absolute Gasteiger partial charge is 0.174 e. The summed E-state index contributed by atoms with van der Waals surface area (Å²) in [5, 5.41) is 10.3. The third-order valence-corrected chi connectivity index (χ3v) is 5.56. The van der Waals surface area contributed by atoms with E-state index in [9.17, 15) is 9.90 Å². The van der Waals surface area contributed by atoms with Crippen molar-refractivity contribution in [2.24, 2.45) is 5.92 Å². The molecule has 1 saturated carbocycles. The van der Waals surface area contributed by atoms with Crippen LogP contribution in [0.2, 0.25) is 0 Å². The fraction of sp³-hybridized carbons (Fsp3) is 0.588. The van der Waals surface area contributed by atoms with Crippen molar-refractivity contribution in [1.82, 2.24) is 4.90 Å². The minimum Gasteiger partial charge on any atom is -0.504 e. The van der Waals surface area contributed by atoms with E-state index in [-0.39, 0.29) is 23.7 Å². The minimum absolute atomic E-state index is 0.120. The van der Waals surface area contributed by atoms with Gasteiger partial charge in [0.1, 0.15) is 0 Å². The number of phenolic OH excluding ortho intramolecular Hbond substituents is 1. The van der Waals surface area contributed by atoms with Crippen molar-refractivity contribution in [3.05, 3.63) is 23.3 Å². The zero-order chi connectivity index (χ0) is 19.5. The van der Waals surface area contributed by atoms with E-state index in [1.807, 2.05) is 0 Å². The molecule has 2 heterocycles. The number of hydrogen-bond donors (Lipinski definition) is 1. The number of nitrogens with zero attached hydrogens (tertiary/aromatic N) is 1. The molecule has 1 aromatic rings. The van der Waals surface area contributed by atoms with Crippen molar-refractivity contribution < 1.29 is 22.9 Å². The van der Waals surface area contributed by atoms with Crippen molar-refractivity contribution in [3.8, 4) is 11.5 Å². The first-order valence-electron chi connectivity index (χ1n) is 10.4. The molecule has 1 N–H and O–H groups in total. The van der Waals surface area contributed by atoms with Gasteiger partial charge < -0.3 is 14.7 Å².